The van der Waals surface area contributed by atoms with Gasteiger partial charge in [0.25, 0.3) is 0 Å². The van der Waals surface area contributed by atoms with E-state index < -0.39 is 17.0 Å². The first-order valence-corrected chi connectivity index (χ1v) is 9.18. The Hall–Kier alpha value is -2.74. The van der Waals surface area contributed by atoms with E-state index >= 15 is 0 Å². The number of nitrogens with one attached hydrogen (secondary N) is 2. The molecule has 2 aromatic carbocycles. The summed E-state index contributed by atoms with van der Waals surface area (Å²) in [5.74, 6) is 0.0296. The van der Waals surface area contributed by atoms with Gasteiger partial charge in [-0.1, -0.05) is 11.8 Å². The fourth-order valence-electron chi connectivity index (χ4n) is 2.76. The van der Waals surface area contributed by atoms with Crippen LogP contribution in [0.2, 0.25) is 0 Å². The van der Waals surface area contributed by atoms with E-state index in [0.29, 0.717) is 28.4 Å². The third-order valence-electron chi connectivity index (χ3n) is 3.99. The summed E-state index contributed by atoms with van der Waals surface area (Å²) in [5, 5.41) is 4.82. The summed E-state index contributed by atoms with van der Waals surface area (Å²) in [6, 6.07) is 9.39. The van der Waals surface area contributed by atoms with Gasteiger partial charge in [-0.2, -0.15) is 0 Å². The van der Waals surface area contributed by atoms with Crippen LogP contribution < -0.4 is 15.4 Å². The van der Waals surface area contributed by atoms with Crippen molar-refractivity contribution in [2.75, 3.05) is 17.7 Å². The van der Waals surface area contributed by atoms with Gasteiger partial charge in [0.1, 0.15) is 11.6 Å². The quantitative estimate of drug-likeness (QED) is 0.439. The van der Waals surface area contributed by atoms with Crippen LogP contribution in [-0.4, -0.2) is 24.0 Å². The van der Waals surface area contributed by atoms with Crippen molar-refractivity contribution in [3.8, 4) is 5.75 Å². The highest BCUT2D eigenvalue weighted by atomic mass is 32.2. The second kappa shape index (κ2) is 7.48. The Morgan fingerprint density at radius 3 is 2.52 bits per heavy atom. The number of anilines is 2. The fraction of sp³-hybridized carbons (Fsp3) is 0.263. The van der Waals surface area contributed by atoms with Crippen molar-refractivity contribution < 1.29 is 23.5 Å². The minimum absolute atomic E-state index is 0.0569. The summed E-state index contributed by atoms with van der Waals surface area (Å²) in [5.41, 5.74) is 2.45. The molecule has 1 aliphatic heterocycles. The third kappa shape index (κ3) is 4.16. The Labute approximate surface area is 160 Å². The van der Waals surface area contributed by atoms with Crippen molar-refractivity contribution in [3.05, 3.63) is 53.3 Å². The van der Waals surface area contributed by atoms with E-state index in [1.54, 1.807) is 31.4 Å². The molecule has 0 aromatic heterocycles. The molecule has 2 aromatic rings. The van der Waals surface area contributed by atoms with Gasteiger partial charge in [0.05, 0.1) is 18.5 Å². The van der Waals surface area contributed by atoms with Gasteiger partial charge in [0.15, 0.2) is 5.78 Å². The maximum atomic E-state index is 13.5. The van der Waals surface area contributed by atoms with Crippen LogP contribution in [0, 0.1) is 5.82 Å². The van der Waals surface area contributed by atoms with E-state index in [1.165, 1.54) is 37.7 Å². The molecule has 1 unspecified atom stereocenters. The van der Waals surface area contributed by atoms with Gasteiger partial charge in [-0.3, -0.25) is 9.59 Å². The zero-order chi connectivity index (χ0) is 19.6. The predicted octanol–water partition coefficient (Wildman–Crippen LogP) is 3.98. The van der Waals surface area contributed by atoms with Crippen LogP contribution in [0.5, 0.6) is 5.75 Å². The molecule has 8 heteroatoms. The number of Topliss-reactive ketones (excluding diaryl/α,β-unsaturated/α-hetero) is 1. The maximum Gasteiger partial charge on any atom is 0.314 e. The topological polar surface area (TPSA) is 76.7 Å². The van der Waals surface area contributed by atoms with Gasteiger partial charge >= 0.3 is 11.2 Å². The van der Waals surface area contributed by atoms with Gasteiger partial charge in [-0.05, 0) is 43.3 Å². The predicted molar refractivity (Wildman–Crippen MR) is 102 cm³/mol. The molecule has 0 aliphatic carbocycles. The number of benzene rings is 2. The lowest BCUT2D eigenvalue weighted by atomic mass is 10.1. The number of carbonyl (C=O) groups excluding carboxylic acids is 2. The van der Waals surface area contributed by atoms with Gasteiger partial charge < -0.3 is 20.1 Å². The number of rotatable bonds is 6. The summed E-state index contributed by atoms with van der Waals surface area (Å²) in [4.78, 5) is 23.3. The molecule has 0 amide bonds. The lowest BCUT2D eigenvalue weighted by molar-refractivity contribution is -0.145. The number of thioether (sulfide) groups is 1. The van der Waals surface area contributed by atoms with E-state index in [0.717, 1.165) is 5.56 Å². The maximum absolute atomic E-state index is 13.5. The first-order chi connectivity index (χ1) is 12.8. The average molecular weight is 390 g/mol. The molecule has 0 radical (unpaired) electrons. The molecule has 142 valence electrons. The number of halogens is 1. The summed E-state index contributed by atoms with van der Waals surface area (Å²) in [6.07, 6.45) is 0. The van der Waals surface area contributed by atoms with Crippen molar-refractivity contribution >= 4 is 34.9 Å². The zero-order valence-electron chi connectivity index (χ0n) is 15.1. The number of carbonyl (C=O) groups is 2. The van der Waals surface area contributed by atoms with E-state index in [4.69, 9.17) is 9.47 Å². The van der Waals surface area contributed by atoms with E-state index in [9.17, 15) is 14.0 Å². The summed E-state index contributed by atoms with van der Waals surface area (Å²) >= 11 is 1.25. The second-order valence-corrected chi connectivity index (χ2v) is 7.17. The van der Waals surface area contributed by atoms with Gasteiger partial charge in [0.2, 0.25) is 0 Å². The standard InChI is InChI=1S/C19H19FN2O4S/c1-11(23)13-4-7-18(25-3)14(8-13)10-27-19(26-12(2)24)21-16-6-5-15(20)9-17(16)22-19/h4-9,21-22H,10H2,1-3H3. The highest BCUT2D eigenvalue weighted by molar-refractivity contribution is 8.00. The van der Waals surface area contributed by atoms with Crippen LogP contribution >= 0.6 is 11.8 Å². The SMILES string of the molecule is COc1ccc(C(C)=O)cc1CSC1(OC(C)=O)Nc2ccc(F)cc2N1. The molecule has 1 heterocycles. The Balaban J connectivity index is 1.86. The lowest BCUT2D eigenvalue weighted by Gasteiger charge is -2.29. The van der Waals surface area contributed by atoms with Crippen molar-refractivity contribution in [1.82, 2.24) is 0 Å². The molecule has 1 atom stereocenters. The zero-order valence-corrected chi connectivity index (χ0v) is 15.9. The smallest absolute Gasteiger partial charge is 0.314 e. The monoisotopic (exact) mass is 390 g/mol. The van der Waals surface area contributed by atoms with Crippen LogP contribution in [0.4, 0.5) is 15.8 Å². The molecular formula is C19H19FN2O4S. The van der Waals surface area contributed by atoms with E-state index in [-0.39, 0.29) is 5.78 Å². The van der Waals surface area contributed by atoms with Crippen LogP contribution in [0.15, 0.2) is 36.4 Å². The van der Waals surface area contributed by atoms with E-state index in [2.05, 4.69) is 10.6 Å². The highest BCUT2D eigenvalue weighted by Crippen LogP contribution is 2.43. The van der Waals surface area contributed by atoms with Gasteiger partial charge in [-0.25, -0.2) is 4.39 Å². The third-order valence-corrected chi connectivity index (χ3v) is 5.13. The Kier molecular flexibility index (Phi) is 5.27. The van der Waals surface area contributed by atoms with Crippen LogP contribution in [0.3, 0.4) is 0 Å². The van der Waals surface area contributed by atoms with E-state index in [1.807, 2.05) is 0 Å². The largest absolute Gasteiger partial charge is 0.496 e. The molecule has 6 nitrogen and oxygen atoms in total. The highest BCUT2D eigenvalue weighted by Gasteiger charge is 2.40. The number of hydrogen-bond donors (Lipinski definition) is 2. The van der Waals surface area contributed by atoms with Gasteiger partial charge in [-0.15, -0.1) is 0 Å². The number of fused-ring (bicyclic) bond motifs is 1. The van der Waals surface area contributed by atoms with Crippen molar-refractivity contribution in [3.63, 3.8) is 0 Å². The summed E-state index contributed by atoms with van der Waals surface area (Å²) < 4.78 is 24.3. The molecule has 0 saturated heterocycles. The molecule has 2 N–H and O–H groups in total. The van der Waals surface area contributed by atoms with Crippen LogP contribution in [0.1, 0.15) is 29.8 Å². The lowest BCUT2D eigenvalue weighted by Crippen LogP contribution is -2.42. The number of methoxy groups -OCH3 is 1. The second-order valence-electron chi connectivity index (χ2n) is 6.02. The molecular weight excluding hydrogens is 371 g/mol. The Morgan fingerprint density at radius 2 is 1.85 bits per heavy atom. The summed E-state index contributed by atoms with van der Waals surface area (Å²) in [7, 11) is 1.55. The van der Waals surface area contributed by atoms with Crippen LogP contribution in [0.25, 0.3) is 0 Å². The Bertz CT molecular complexity index is 905. The molecule has 0 bridgehead atoms. The molecule has 0 saturated carbocycles. The molecule has 0 fully saturated rings. The van der Waals surface area contributed by atoms with Crippen molar-refractivity contribution in [2.24, 2.45) is 0 Å². The Morgan fingerprint density at radius 1 is 1.11 bits per heavy atom. The molecule has 0 spiro atoms. The fourth-order valence-corrected chi connectivity index (χ4v) is 3.88. The van der Waals surface area contributed by atoms with Crippen molar-refractivity contribution in [2.45, 2.75) is 24.8 Å². The molecule has 3 rings (SSSR count). The first-order valence-electron chi connectivity index (χ1n) is 8.19. The number of ether oxygens (including phenoxy) is 2. The molecule has 27 heavy (non-hydrogen) atoms. The van der Waals surface area contributed by atoms with Crippen LogP contribution in [-0.2, 0) is 15.3 Å². The van der Waals surface area contributed by atoms with Gasteiger partial charge in [0, 0.05) is 23.8 Å². The first kappa shape index (κ1) is 19.0. The molecule has 1 aliphatic rings. The number of ketones is 1. The number of hydrogen-bond acceptors (Lipinski definition) is 7. The minimum Gasteiger partial charge on any atom is -0.496 e. The minimum atomic E-state index is -1.29. The normalized spacial score (nSPS) is 17.5. The number of esters is 1. The van der Waals surface area contributed by atoms with Crippen molar-refractivity contribution in [1.29, 1.82) is 0 Å². The summed E-state index contributed by atoms with van der Waals surface area (Å²) in [6.45, 7) is 2.79. The average Bonchev–Trinajstić information content (AvgIpc) is 2.96.